The van der Waals surface area contributed by atoms with E-state index >= 15 is 0 Å². The van der Waals surface area contributed by atoms with Crippen molar-refractivity contribution in [2.45, 2.75) is 12.8 Å². The fraction of sp³-hybridized carbons (Fsp3) is 0.300. The van der Waals surface area contributed by atoms with Gasteiger partial charge in [0.2, 0.25) is 0 Å². The first kappa shape index (κ1) is 11.3. The van der Waals surface area contributed by atoms with Crippen LogP contribution in [0.1, 0.15) is 12.0 Å². The largest absolute Gasteiger partial charge is 0.496 e. The maximum absolute atomic E-state index is 10.4. The maximum atomic E-state index is 10.4. The molecule has 0 aliphatic carbocycles. The van der Waals surface area contributed by atoms with Gasteiger partial charge in [-0.15, -0.1) is 0 Å². The second kappa shape index (κ2) is 5.19. The Labute approximate surface area is 96.2 Å². The molecule has 0 saturated heterocycles. The van der Waals surface area contributed by atoms with Crippen LogP contribution in [-0.2, 0) is 11.2 Å². The normalized spacial score (nSPS) is 9.86. The van der Waals surface area contributed by atoms with E-state index in [1.807, 2.05) is 18.2 Å². The molecular weight excluding hydrogens is 295 g/mol. The summed E-state index contributed by atoms with van der Waals surface area (Å²) in [4.78, 5) is 10.4. The Bertz CT molecular complexity index is 336. The minimum Gasteiger partial charge on any atom is -0.496 e. The Hall–Kier alpha value is -0.780. The van der Waals surface area contributed by atoms with Crippen LogP contribution >= 0.6 is 22.6 Å². The number of aryl methyl sites for hydroxylation is 1. The third kappa shape index (κ3) is 3.17. The molecule has 0 amide bonds. The molecule has 14 heavy (non-hydrogen) atoms. The maximum Gasteiger partial charge on any atom is 0.303 e. The predicted octanol–water partition coefficient (Wildman–Crippen LogP) is 2.32. The number of ether oxygens (including phenoxy) is 1. The molecule has 0 radical (unpaired) electrons. The lowest BCUT2D eigenvalue weighted by atomic mass is 10.1. The van der Waals surface area contributed by atoms with E-state index in [4.69, 9.17) is 9.84 Å². The van der Waals surface area contributed by atoms with Gasteiger partial charge in [-0.3, -0.25) is 4.79 Å². The molecule has 0 bridgehead atoms. The third-order valence-corrected chi connectivity index (χ3v) is 2.69. The first-order chi connectivity index (χ1) is 6.63. The van der Waals surface area contributed by atoms with Crippen molar-refractivity contribution in [2.75, 3.05) is 7.11 Å². The molecule has 0 spiro atoms. The highest BCUT2D eigenvalue weighted by atomic mass is 127. The molecule has 0 saturated carbocycles. The van der Waals surface area contributed by atoms with Gasteiger partial charge in [0, 0.05) is 6.42 Å². The molecule has 1 rings (SSSR count). The second-order valence-electron chi connectivity index (χ2n) is 2.86. The van der Waals surface area contributed by atoms with Gasteiger partial charge in [-0.1, -0.05) is 6.07 Å². The van der Waals surface area contributed by atoms with Gasteiger partial charge >= 0.3 is 5.97 Å². The Morgan fingerprint density at radius 2 is 2.29 bits per heavy atom. The topological polar surface area (TPSA) is 46.5 Å². The average Bonchev–Trinajstić information content (AvgIpc) is 2.15. The lowest BCUT2D eigenvalue weighted by Gasteiger charge is -2.05. The smallest absolute Gasteiger partial charge is 0.303 e. The molecule has 1 aromatic carbocycles. The molecule has 0 heterocycles. The summed E-state index contributed by atoms with van der Waals surface area (Å²) in [6.07, 6.45) is 0.734. The number of benzene rings is 1. The van der Waals surface area contributed by atoms with Crippen LogP contribution in [0.3, 0.4) is 0 Å². The monoisotopic (exact) mass is 306 g/mol. The van der Waals surface area contributed by atoms with Crippen LogP contribution in [0.5, 0.6) is 5.75 Å². The number of methoxy groups -OCH3 is 1. The van der Waals surface area contributed by atoms with Crippen molar-refractivity contribution in [1.29, 1.82) is 0 Å². The van der Waals surface area contributed by atoms with Gasteiger partial charge in [-0.05, 0) is 46.7 Å². The summed E-state index contributed by atoms with van der Waals surface area (Å²) >= 11 is 2.17. The fourth-order valence-electron chi connectivity index (χ4n) is 1.12. The van der Waals surface area contributed by atoms with E-state index in [-0.39, 0.29) is 6.42 Å². The van der Waals surface area contributed by atoms with Crippen LogP contribution < -0.4 is 4.74 Å². The van der Waals surface area contributed by atoms with Crippen LogP contribution in [0.15, 0.2) is 18.2 Å². The van der Waals surface area contributed by atoms with Gasteiger partial charge < -0.3 is 9.84 Å². The van der Waals surface area contributed by atoms with Crippen molar-refractivity contribution < 1.29 is 14.6 Å². The summed E-state index contributed by atoms with van der Waals surface area (Å²) in [7, 11) is 1.62. The summed E-state index contributed by atoms with van der Waals surface area (Å²) in [5.74, 6) is 0.0560. The van der Waals surface area contributed by atoms with Gasteiger partial charge in [0.15, 0.2) is 0 Å². The molecule has 0 aliphatic heterocycles. The number of carbonyl (C=O) groups is 1. The molecular formula is C10H11IO3. The summed E-state index contributed by atoms with van der Waals surface area (Å²) in [5, 5.41) is 8.52. The third-order valence-electron chi connectivity index (χ3n) is 1.84. The summed E-state index contributed by atoms with van der Waals surface area (Å²) in [6, 6.07) is 5.70. The first-order valence-electron chi connectivity index (χ1n) is 4.17. The highest BCUT2D eigenvalue weighted by Crippen LogP contribution is 2.22. The zero-order valence-electron chi connectivity index (χ0n) is 7.79. The molecule has 76 valence electrons. The minimum absolute atomic E-state index is 0.169. The lowest BCUT2D eigenvalue weighted by molar-refractivity contribution is -0.136. The Kier molecular flexibility index (Phi) is 4.19. The molecule has 0 atom stereocenters. The van der Waals surface area contributed by atoms with E-state index in [9.17, 15) is 4.79 Å². The Morgan fingerprint density at radius 3 is 2.79 bits per heavy atom. The van der Waals surface area contributed by atoms with Gasteiger partial charge in [-0.25, -0.2) is 0 Å². The fourth-order valence-corrected chi connectivity index (χ4v) is 1.92. The molecule has 0 aromatic heterocycles. The van der Waals surface area contributed by atoms with E-state index in [0.29, 0.717) is 6.42 Å². The zero-order valence-corrected chi connectivity index (χ0v) is 9.95. The number of hydrogen-bond donors (Lipinski definition) is 1. The standard InChI is InChI=1S/C10H11IO3/c1-14-9-4-2-7(6-8(9)11)3-5-10(12)13/h2,4,6H,3,5H2,1H3,(H,12,13). The SMILES string of the molecule is COc1ccc(CCC(=O)O)cc1I. The van der Waals surface area contributed by atoms with Crippen molar-refractivity contribution in [3.63, 3.8) is 0 Å². The van der Waals surface area contributed by atoms with E-state index in [2.05, 4.69) is 22.6 Å². The number of carboxylic acids is 1. The minimum atomic E-state index is -0.768. The van der Waals surface area contributed by atoms with E-state index in [1.165, 1.54) is 0 Å². The predicted molar refractivity (Wildman–Crippen MR) is 61.7 cm³/mol. The highest BCUT2D eigenvalue weighted by molar-refractivity contribution is 14.1. The molecule has 0 aliphatic rings. The number of rotatable bonds is 4. The second-order valence-corrected chi connectivity index (χ2v) is 4.02. The van der Waals surface area contributed by atoms with Crippen molar-refractivity contribution >= 4 is 28.6 Å². The van der Waals surface area contributed by atoms with Crippen molar-refractivity contribution in [1.82, 2.24) is 0 Å². The van der Waals surface area contributed by atoms with Crippen LogP contribution in [0.2, 0.25) is 0 Å². The summed E-state index contributed by atoms with van der Waals surface area (Å²) < 4.78 is 6.11. The van der Waals surface area contributed by atoms with Gasteiger partial charge in [-0.2, -0.15) is 0 Å². The zero-order chi connectivity index (χ0) is 10.6. The van der Waals surface area contributed by atoms with Crippen molar-refractivity contribution in [3.05, 3.63) is 27.3 Å². The van der Waals surface area contributed by atoms with Crippen LogP contribution in [0.25, 0.3) is 0 Å². The molecule has 4 heteroatoms. The van der Waals surface area contributed by atoms with Gasteiger partial charge in [0.1, 0.15) is 5.75 Å². The quantitative estimate of drug-likeness (QED) is 0.868. The Balaban J connectivity index is 2.71. The van der Waals surface area contributed by atoms with E-state index < -0.39 is 5.97 Å². The Morgan fingerprint density at radius 1 is 1.57 bits per heavy atom. The van der Waals surface area contributed by atoms with Gasteiger partial charge in [0.25, 0.3) is 0 Å². The number of halogens is 1. The summed E-state index contributed by atoms with van der Waals surface area (Å²) in [5.41, 5.74) is 1.03. The van der Waals surface area contributed by atoms with E-state index in [1.54, 1.807) is 7.11 Å². The highest BCUT2D eigenvalue weighted by Gasteiger charge is 2.03. The number of aliphatic carboxylic acids is 1. The van der Waals surface area contributed by atoms with Crippen LogP contribution in [-0.4, -0.2) is 18.2 Å². The van der Waals surface area contributed by atoms with Crippen LogP contribution in [0, 0.1) is 3.57 Å². The number of carboxylic acid groups (broad SMARTS) is 1. The van der Waals surface area contributed by atoms with Crippen molar-refractivity contribution in [3.8, 4) is 5.75 Å². The van der Waals surface area contributed by atoms with Gasteiger partial charge in [0.05, 0.1) is 10.7 Å². The first-order valence-corrected chi connectivity index (χ1v) is 5.25. The van der Waals surface area contributed by atoms with Crippen LogP contribution in [0.4, 0.5) is 0 Å². The van der Waals surface area contributed by atoms with Crippen molar-refractivity contribution in [2.24, 2.45) is 0 Å². The lowest BCUT2D eigenvalue weighted by Crippen LogP contribution is -1.98. The molecule has 1 aromatic rings. The summed E-state index contributed by atoms with van der Waals surface area (Å²) in [6.45, 7) is 0. The number of hydrogen-bond acceptors (Lipinski definition) is 2. The molecule has 1 N–H and O–H groups in total. The van der Waals surface area contributed by atoms with E-state index in [0.717, 1.165) is 14.9 Å². The average molecular weight is 306 g/mol. The molecule has 0 fully saturated rings. The molecule has 0 unspecified atom stereocenters. The molecule has 3 nitrogen and oxygen atoms in total.